The van der Waals surface area contributed by atoms with E-state index < -0.39 is 0 Å². The molecule has 0 saturated heterocycles. The Kier molecular flexibility index (Phi) is 4.93. The average molecular weight is 284 g/mol. The Balaban J connectivity index is 2.07. The molecule has 1 aromatic heterocycles. The molecule has 1 N–H and O–H groups in total. The molecule has 4 nitrogen and oxygen atoms in total. The van der Waals surface area contributed by atoms with E-state index >= 15 is 0 Å². The van der Waals surface area contributed by atoms with Crippen LogP contribution < -0.4 is 10.1 Å². The molecule has 1 amide bonds. The van der Waals surface area contributed by atoms with E-state index in [1.165, 1.54) is 0 Å². The number of hydrogen-bond donors (Lipinski definition) is 1. The van der Waals surface area contributed by atoms with E-state index in [1.54, 1.807) is 24.4 Å². The number of pyridine rings is 1. The SMILES string of the molecule is Cc1cc(NC(=O)c2cccc(OCC(C)C)c2)ccn1. The molecule has 0 aliphatic rings. The van der Waals surface area contributed by atoms with Crippen LogP contribution in [0.5, 0.6) is 5.75 Å². The summed E-state index contributed by atoms with van der Waals surface area (Å²) in [5.41, 5.74) is 2.17. The maximum Gasteiger partial charge on any atom is 0.255 e. The highest BCUT2D eigenvalue weighted by molar-refractivity contribution is 6.04. The fraction of sp³-hybridized carbons (Fsp3) is 0.294. The summed E-state index contributed by atoms with van der Waals surface area (Å²) in [5, 5.41) is 2.86. The summed E-state index contributed by atoms with van der Waals surface area (Å²) in [5.74, 6) is 1.00. The highest BCUT2D eigenvalue weighted by Crippen LogP contribution is 2.16. The number of ether oxygens (including phenoxy) is 1. The van der Waals surface area contributed by atoms with Crippen molar-refractivity contribution < 1.29 is 9.53 Å². The van der Waals surface area contributed by atoms with Crippen molar-refractivity contribution in [1.29, 1.82) is 0 Å². The van der Waals surface area contributed by atoms with Crippen LogP contribution in [0.25, 0.3) is 0 Å². The van der Waals surface area contributed by atoms with Gasteiger partial charge >= 0.3 is 0 Å². The van der Waals surface area contributed by atoms with Gasteiger partial charge in [-0.3, -0.25) is 9.78 Å². The Bertz CT molecular complexity index is 624. The van der Waals surface area contributed by atoms with E-state index in [2.05, 4.69) is 24.1 Å². The second kappa shape index (κ2) is 6.88. The Hall–Kier alpha value is -2.36. The van der Waals surface area contributed by atoms with Crippen LogP contribution in [0.1, 0.15) is 29.9 Å². The minimum absolute atomic E-state index is 0.157. The van der Waals surface area contributed by atoms with Gasteiger partial charge in [-0.15, -0.1) is 0 Å². The fourth-order valence-corrected chi connectivity index (χ4v) is 1.82. The lowest BCUT2D eigenvalue weighted by molar-refractivity contribution is 0.102. The number of aryl methyl sites for hydroxylation is 1. The predicted molar refractivity (Wildman–Crippen MR) is 83.7 cm³/mol. The van der Waals surface area contributed by atoms with Gasteiger partial charge in [-0.2, -0.15) is 0 Å². The van der Waals surface area contributed by atoms with Gasteiger partial charge in [0, 0.05) is 23.1 Å². The minimum atomic E-state index is -0.157. The molecule has 0 saturated carbocycles. The van der Waals surface area contributed by atoms with Crippen LogP contribution in [0.4, 0.5) is 5.69 Å². The summed E-state index contributed by atoms with van der Waals surface area (Å²) in [7, 11) is 0. The third-order valence-electron chi connectivity index (χ3n) is 2.83. The largest absolute Gasteiger partial charge is 0.493 e. The van der Waals surface area contributed by atoms with Crippen LogP contribution in [-0.4, -0.2) is 17.5 Å². The van der Waals surface area contributed by atoms with Crippen molar-refractivity contribution in [2.24, 2.45) is 5.92 Å². The molecular weight excluding hydrogens is 264 g/mol. The first kappa shape index (κ1) is 15.0. The fourth-order valence-electron chi connectivity index (χ4n) is 1.82. The number of amides is 1. The van der Waals surface area contributed by atoms with Crippen LogP contribution in [0.15, 0.2) is 42.6 Å². The normalized spacial score (nSPS) is 10.5. The summed E-state index contributed by atoms with van der Waals surface area (Å²) in [6.07, 6.45) is 1.67. The quantitative estimate of drug-likeness (QED) is 0.911. The molecule has 0 aliphatic carbocycles. The molecule has 0 bridgehead atoms. The average Bonchev–Trinajstić information content (AvgIpc) is 2.45. The number of rotatable bonds is 5. The molecule has 0 radical (unpaired) electrons. The molecule has 0 spiro atoms. The van der Waals surface area contributed by atoms with E-state index in [4.69, 9.17) is 4.74 Å². The summed E-state index contributed by atoms with van der Waals surface area (Å²) in [6, 6.07) is 10.8. The van der Waals surface area contributed by atoms with E-state index in [0.29, 0.717) is 23.8 Å². The van der Waals surface area contributed by atoms with Crippen LogP contribution in [-0.2, 0) is 0 Å². The number of benzene rings is 1. The molecule has 4 heteroatoms. The zero-order valence-corrected chi connectivity index (χ0v) is 12.6. The van der Waals surface area contributed by atoms with Crippen molar-refractivity contribution in [3.8, 4) is 5.75 Å². The lowest BCUT2D eigenvalue weighted by Gasteiger charge is -2.10. The van der Waals surface area contributed by atoms with Crippen molar-refractivity contribution >= 4 is 11.6 Å². The predicted octanol–water partition coefficient (Wildman–Crippen LogP) is 3.68. The number of carbonyl (C=O) groups excluding carboxylic acids is 1. The van der Waals surface area contributed by atoms with Gasteiger partial charge in [-0.25, -0.2) is 0 Å². The maximum absolute atomic E-state index is 12.2. The molecule has 2 rings (SSSR count). The van der Waals surface area contributed by atoms with Gasteiger partial charge in [-0.05, 0) is 43.2 Å². The monoisotopic (exact) mass is 284 g/mol. The van der Waals surface area contributed by atoms with Gasteiger partial charge in [0.05, 0.1) is 6.61 Å². The molecular formula is C17H20N2O2. The second-order valence-corrected chi connectivity index (χ2v) is 5.37. The smallest absolute Gasteiger partial charge is 0.255 e. The molecule has 2 aromatic rings. The Morgan fingerprint density at radius 2 is 2.10 bits per heavy atom. The molecule has 0 unspecified atom stereocenters. The number of anilines is 1. The van der Waals surface area contributed by atoms with Crippen LogP contribution in [0.2, 0.25) is 0 Å². The third kappa shape index (κ3) is 4.60. The molecule has 1 aromatic carbocycles. The summed E-state index contributed by atoms with van der Waals surface area (Å²) < 4.78 is 5.64. The van der Waals surface area contributed by atoms with Gasteiger partial charge in [0.25, 0.3) is 5.91 Å². The number of nitrogens with zero attached hydrogens (tertiary/aromatic N) is 1. The molecule has 21 heavy (non-hydrogen) atoms. The lowest BCUT2D eigenvalue weighted by atomic mass is 10.2. The van der Waals surface area contributed by atoms with E-state index in [0.717, 1.165) is 11.4 Å². The first-order valence-electron chi connectivity index (χ1n) is 7.01. The minimum Gasteiger partial charge on any atom is -0.493 e. The van der Waals surface area contributed by atoms with Gasteiger partial charge in [0.1, 0.15) is 5.75 Å². The first-order chi connectivity index (χ1) is 10.0. The molecule has 0 aliphatic heterocycles. The number of nitrogens with one attached hydrogen (secondary N) is 1. The van der Waals surface area contributed by atoms with Gasteiger partial charge in [0.15, 0.2) is 0 Å². The standard InChI is InChI=1S/C17H20N2O2/c1-12(2)11-21-16-6-4-5-14(10-16)17(20)19-15-7-8-18-13(3)9-15/h4-10,12H,11H2,1-3H3,(H,18,19,20). The first-order valence-corrected chi connectivity index (χ1v) is 7.01. The van der Waals surface area contributed by atoms with E-state index in [1.807, 2.05) is 25.1 Å². The number of hydrogen-bond acceptors (Lipinski definition) is 3. The number of carbonyl (C=O) groups is 1. The van der Waals surface area contributed by atoms with E-state index in [-0.39, 0.29) is 5.91 Å². The zero-order valence-electron chi connectivity index (χ0n) is 12.6. The maximum atomic E-state index is 12.2. The topological polar surface area (TPSA) is 51.2 Å². The van der Waals surface area contributed by atoms with E-state index in [9.17, 15) is 4.79 Å². The Labute approximate surface area is 125 Å². The van der Waals surface area contributed by atoms with Crippen molar-refractivity contribution in [3.63, 3.8) is 0 Å². The summed E-state index contributed by atoms with van der Waals surface area (Å²) in [6.45, 7) is 6.69. The van der Waals surface area contributed by atoms with Crippen LogP contribution in [0, 0.1) is 12.8 Å². The summed E-state index contributed by atoms with van der Waals surface area (Å²) >= 11 is 0. The lowest BCUT2D eigenvalue weighted by Crippen LogP contribution is -2.12. The van der Waals surface area contributed by atoms with Crippen molar-refractivity contribution in [2.45, 2.75) is 20.8 Å². The van der Waals surface area contributed by atoms with Crippen molar-refractivity contribution in [2.75, 3.05) is 11.9 Å². The van der Waals surface area contributed by atoms with Gasteiger partial charge in [0.2, 0.25) is 0 Å². The second-order valence-electron chi connectivity index (χ2n) is 5.37. The zero-order chi connectivity index (χ0) is 15.2. The molecule has 110 valence electrons. The highest BCUT2D eigenvalue weighted by Gasteiger charge is 2.08. The Morgan fingerprint density at radius 3 is 2.81 bits per heavy atom. The van der Waals surface area contributed by atoms with Gasteiger partial charge in [-0.1, -0.05) is 19.9 Å². The van der Waals surface area contributed by atoms with Gasteiger partial charge < -0.3 is 10.1 Å². The molecule has 0 atom stereocenters. The molecule has 0 fully saturated rings. The van der Waals surface area contributed by atoms with Crippen LogP contribution in [0.3, 0.4) is 0 Å². The molecule has 1 heterocycles. The Morgan fingerprint density at radius 1 is 1.29 bits per heavy atom. The van der Waals surface area contributed by atoms with Crippen molar-refractivity contribution in [3.05, 3.63) is 53.9 Å². The highest BCUT2D eigenvalue weighted by atomic mass is 16.5. The summed E-state index contributed by atoms with van der Waals surface area (Å²) in [4.78, 5) is 16.3. The number of aromatic nitrogens is 1. The van der Waals surface area contributed by atoms with Crippen molar-refractivity contribution in [1.82, 2.24) is 4.98 Å². The van der Waals surface area contributed by atoms with Crippen LogP contribution >= 0.6 is 0 Å². The third-order valence-corrected chi connectivity index (χ3v) is 2.83.